The molecule has 2 aromatic rings. The number of nitrogens with one attached hydrogen (secondary N) is 1. The Labute approximate surface area is 169 Å². The molecule has 1 N–H and O–H groups in total. The molecule has 0 atom stereocenters. The maximum absolute atomic E-state index is 12.9. The molecule has 1 aliphatic heterocycles. The van der Waals surface area contributed by atoms with E-state index < -0.39 is 17.3 Å². The summed E-state index contributed by atoms with van der Waals surface area (Å²) in [6.45, 7) is 10.6. The fraction of sp³-hybridized carbons (Fsp3) is 0.455. The molecule has 0 saturated heterocycles. The van der Waals surface area contributed by atoms with E-state index >= 15 is 0 Å². The molecular formula is C22H26F3N3O. The van der Waals surface area contributed by atoms with E-state index in [1.807, 2.05) is 46.8 Å². The number of nitrogens with zero attached hydrogens (tertiary/aromatic N) is 2. The summed E-state index contributed by atoms with van der Waals surface area (Å²) in [5.41, 5.74) is 3.69. The number of amides is 1. The van der Waals surface area contributed by atoms with Crippen molar-refractivity contribution in [1.29, 1.82) is 0 Å². The van der Waals surface area contributed by atoms with Crippen molar-refractivity contribution in [2.75, 3.05) is 16.8 Å². The Hall–Kier alpha value is -2.57. The highest BCUT2D eigenvalue weighted by Gasteiger charge is 2.33. The van der Waals surface area contributed by atoms with Gasteiger partial charge in [0.2, 0.25) is 5.91 Å². The number of hydrogen-bond donors (Lipinski definition) is 1. The molecule has 0 spiro atoms. The minimum Gasteiger partial charge on any atom is -0.367 e. The highest BCUT2D eigenvalue weighted by Crippen LogP contribution is 2.33. The first-order valence-corrected chi connectivity index (χ1v) is 9.60. The highest BCUT2D eigenvalue weighted by atomic mass is 19.4. The number of hydrogen-bond acceptors (Lipinski definition) is 3. The second-order valence-corrected chi connectivity index (χ2v) is 8.63. The molecule has 4 nitrogen and oxygen atoms in total. The number of aromatic nitrogens is 1. The zero-order valence-electron chi connectivity index (χ0n) is 17.4. The van der Waals surface area contributed by atoms with Gasteiger partial charge < -0.3 is 10.2 Å². The maximum atomic E-state index is 12.9. The van der Waals surface area contributed by atoms with Crippen LogP contribution in [0.2, 0.25) is 0 Å². The standard InChI is InChI=1S/C22H26F3N3O/c1-13-10-16(11-14(2)19(13)27-20(29)21(3,4)5)28-9-8-17-15(12-28)6-7-18(26-17)22(23,24)25/h6-7,10-11H,8-9,12H2,1-5H3,(H,27,29). The van der Waals surface area contributed by atoms with Gasteiger partial charge in [0.1, 0.15) is 5.69 Å². The quantitative estimate of drug-likeness (QED) is 0.741. The zero-order chi connectivity index (χ0) is 21.6. The average molecular weight is 405 g/mol. The van der Waals surface area contributed by atoms with Gasteiger partial charge >= 0.3 is 6.18 Å². The minimum absolute atomic E-state index is 0.0464. The number of carbonyl (C=O) groups excluding carboxylic acids is 1. The van der Waals surface area contributed by atoms with Crippen molar-refractivity contribution in [2.24, 2.45) is 5.41 Å². The van der Waals surface area contributed by atoms with E-state index in [-0.39, 0.29) is 5.91 Å². The molecule has 0 radical (unpaired) electrons. The first-order chi connectivity index (χ1) is 13.4. The first kappa shape index (κ1) is 21.1. The topological polar surface area (TPSA) is 45.2 Å². The van der Waals surface area contributed by atoms with Crippen LogP contribution in [0.15, 0.2) is 24.3 Å². The lowest BCUT2D eigenvalue weighted by molar-refractivity contribution is -0.141. The SMILES string of the molecule is Cc1cc(N2CCc3nc(C(F)(F)F)ccc3C2)cc(C)c1NC(=O)C(C)(C)C. The van der Waals surface area contributed by atoms with Gasteiger partial charge in [-0.2, -0.15) is 13.2 Å². The summed E-state index contributed by atoms with van der Waals surface area (Å²) in [6.07, 6.45) is -3.96. The van der Waals surface area contributed by atoms with Crippen molar-refractivity contribution in [3.63, 3.8) is 0 Å². The summed E-state index contributed by atoms with van der Waals surface area (Å²) in [5, 5.41) is 3.01. The molecule has 1 amide bonds. The molecule has 0 aliphatic carbocycles. The van der Waals surface area contributed by atoms with Crippen LogP contribution in [0.3, 0.4) is 0 Å². The molecule has 0 bridgehead atoms. The third-order valence-electron chi connectivity index (χ3n) is 5.14. The lowest BCUT2D eigenvalue weighted by Crippen LogP contribution is -2.32. The number of aryl methyl sites for hydroxylation is 2. The predicted molar refractivity (Wildman–Crippen MR) is 108 cm³/mol. The van der Waals surface area contributed by atoms with Crippen molar-refractivity contribution < 1.29 is 18.0 Å². The lowest BCUT2D eigenvalue weighted by atomic mass is 9.95. The van der Waals surface area contributed by atoms with Crippen LogP contribution < -0.4 is 10.2 Å². The first-order valence-electron chi connectivity index (χ1n) is 9.60. The van der Waals surface area contributed by atoms with Crippen LogP contribution in [-0.2, 0) is 23.9 Å². The van der Waals surface area contributed by atoms with Gasteiger partial charge in [-0.05, 0) is 48.7 Å². The summed E-state index contributed by atoms with van der Waals surface area (Å²) < 4.78 is 38.7. The Morgan fingerprint density at radius 2 is 1.72 bits per heavy atom. The number of pyridine rings is 1. The van der Waals surface area contributed by atoms with Gasteiger partial charge in [-0.15, -0.1) is 0 Å². The van der Waals surface area contributed by atoms with Gasteiger partial charge in [0.05, 0.1) is 0 Å². The Morgan fingerprint density at radius 1 is 1.10 bits per heavy atom. The fourth-order valence-corrected chi connectivity index (χ4v) is 3.42. The smallest absolute Gasteiger partial charge is 0.367 e. The minimum atomic E-state index is -4.42. The van der Waals surface area contributed by atoms with Gasteiger partial charge in [0.15, 0.2) is 0 Å². The third kappa shape index (κ3) is 4.54. The molecule has 3 rings (SSSR count). The number of halogens is 3. The summed E-state index contributed by atoms with van der Waals surface area (Å²) in [6, 6.07) is 6.58. The van der Waals surface area contributed by atoms with Gasteiger partial charge in [-0.3, -0.25) is 4.79 Å². The molecule has 2 heterocycles. The maximum Gasteiger partial charge on any atom is 0.433 e. The summed E-state index contributed by atoms with van der Waals surface area (Å²) in [5.74, 6) is -0.0464. The summed E-state index contributed by atoms with van der Waals surface area (Å²) >= 11 is 0. The predicted octanol–water partition coefficient (Wildman–Crippen LogP) is 5.26. The van der Waals surface area contributed by atoms with E-state index in [0.29, 0.717) is 25.2 Å². The highest BCUT2D eigenvalue weighted by molar-refractivity contribution is 5.96. The molecule has 0 unspecified atom stereocenters. The van der Waals surface area contributed by atoms with Crippen LogP contribution in [0.25, 0.3) is 0 Å². The normalized spacial score (nSPS) is 14.6. The number of fused-ring (bicyclic) bond motifs is 1. The lowest BCUT2D eigenvalue weighted by Gasteiger charge is -2.31. The number of rotatable bonds is 2. The van der Waals surface area contributed by atoms with Gasteiger partial charge in [-0.1, -0.05) is 26.8 Å². The second-order valence-electron chi connectivity index (χ2n) is 8.63. The van der Waals surface area contributed by atoms with Crippen LogP contribution in [0.4, 0.5) is 24.5 Å². The molecule has 7 heteroatoms. The molecular weight excluding hydrogens is 379 g/mol. The van der Waals surface area contributed by atoms with Crippen molar-refractivity contribution in [3.8, 4) is 0 Å². The number of alkyl halides is 3. The van der Waals surface area contributed by atoms with Gasteiger partial charge in [-0.25, -0.2) is 4.98 Å². The van der Waals surface area contributed by atoms with E-state index in [9.17, 15) is 18.0 Å². The fourth-order valence-electron chi connectivity index (χ4n) is 3.42. The summed E-state index contributed by atoms with van der Waals surface area (Å²) in [4.78, 5) is 18.3. The Balaban J connectivity index is 1.83. The van der Waals surface area contributed by atoms with Gasteiger partial charge in [0, 0.05) is 42.0 Å². The average Bonchev–Trinajstić information content (AvgIpc) is 2.61. The Bertz CT molecular complexity index is 922. The molecule has 0 saturated carbocycles. The van der Waals surface area contributed by atoms with Crippen molar-refractivity contribution in [3.05, 3.63) is 52.3 Å². The van der Waals surface area contributed by atoms with Crippen molar-refractivity contribution in [2.45, 2.75) is 53.8 Å². The second kappa shape index (κ2) is 7.35. The van der Waals surface area contributed by atoms with E-state index in [2.05, 4.69) is 15.2 Å². The van der Waals surface area contributed by atoms with Crippen molar-refractivity contribution in [1.82, 2.24) is 4.98 Å². The van der Waals surface area contributed by atoms with E-state index in [1.54, 1.807) is 0 Å². The summed E-state index contributed by atoms with van der Waals surface area (Å²) in [7, 11) is 0. The van der Waals surface area contributed by atoms with Crippen LogP contribution in [0.5, 0.6) is 0 Å². The van der Waals surface area contributed by atoms with Crippen molar-refractivity contribution >= 4 is 17.3 Å². The third-order valence-corrected chi connectivity index (χ3v) is 5.14. The van der Waals surface area contributed by atoms with Gasteiger partial charge in [0.25, 0.3) is 0 Å². The van der Waals surface area contributed by atoms with Crippen LogP contribution in [0.1, 0.15) is 48.8 Å². The number of carbonyl (C=O) groups is 1. The molecule has 1 aliphatic rings. The monoisotopic (exact) mass is 405 g/mol. The largest absolute Gasteiger partial charge is 0.433 e. The van der Waals surface area contributed by atoms with E-state index in [1.165, 1.54) is 6.07 Å². The number of anilines is 2. The van der Waals surface area contributed by atoms with Crippen LogP contribution in [0, 0.1) is 19.3 Å². The van der Waals surface area contributed by atoms with Crippen LogP contribution in [-0.4, -0.2) is 17.4 Å². The van der Waals surface area contributed by atoms with E-state index in [0.717, 1.165) is 34.1 Å². The molecule has 0 fully saturated rings. The Kier molecular flexibility index (Phi) is 5.36. The molecule has 29 heavy (non-hydrogen) atoms. The Morgan fingerprint density at radius 3 is 2.28 bits per heavy atom. The van der Waals surface area contributed by atoms with Crippen LogP contribution >= 0.6 is 0 Å². The van der Waals surface area contributed by atoms with E-state index in [4.69, 9.17) is 0 Å². The molecule has 156 valence electrons. The number of benzene rings is 1. The zero-order valence-corrected chi connectivity index (χ0v) is 17.4. The molecule has 1 aromatic heterocycles. The molecule has 1 aromatic carbocycles.